The van der Waals surface area contributed by atoms with E-state index in [-0.39, 0.29) is 16.7 Å². The van der Waals surface area contributed by atoms with E-state index >= 15 is 0 Å². The van der Waals surface area contributed by atoms with E-state index in [0.717, 1.165) is 24.6 Å². The number of hydrogen-bond acceptors (Lipinski definition) is 4. The minimum Gasteiger partial charge on any atom is -0.278 e. The first-order valence-corrected chi connectivity index (χ1v) is 9.61. The standard InChI is InChI=1S/C23H16F6N4O/c24-22(25,26)19-10-3-1-6-16(19)13-30-32-18-9-5-8-15(12-18)21(34)33-31-14-17-7-2-4-11-20(17)23(27,28)29/h1-14,32H,(H,33,34)/b30-13+,31-14+. The van der Waals surface area contributed by atoms with Crippen molar-refractivity contribution in [3.63, 3.8) is 0 Å². The van der Waals surface area contributed by atoms with Gasteiger partial charge in [-0.2, -0.15) is 36.5 Å². The van der Waals surface area contributed by atoms with Crippen molar-refractivity contribution < 1.29 is 31.1 Å². The summed E-state index contributed by atoms with van der Waals surface area (Å²) in [6.45, 7) is 0. The lowest BCUT2D eigenvalue weighted by Gasteiger charge is -2.09. The molecule has 0 unspecified atom stereocenters. The maximum absolute atomic E-state index is 13.0. The molecule has 5 nitrogen and oxygen atoms in total. The summed E-state index contributed by atoms with van der Waals surface area (Å²) in [5, 5.41) is 7.35. The van der Waals surface area contributed by atoms with Crippen LogP contribution in [-0.4, -0.2) is 18.3 Å². The topological polar surface area (TPSA) is 65.8 Å². The number of hydrogen-bond donors (Lipinski definition) is 2. The fraction of sp³-hybridized carbons (Fsp3) is 0.0870. The van der Waals surface area contributed by atoms with Crippen molar-refractivity contribution in [3.05, 3.63) is 101 Å². The Labute approximate surface area is 189 Å². The smallest absolute Gasteiger partial charge is 0.278 e. The molecule has 0 heterocycles. The first-order chi connectivity index (χ1) is 16.1. The van der Waals surface area contributed by atoms with Gasteiger partial charge in [0.2, 0.25) is 0 Å². The number of nitrogens with zero attached hydrogens (tertiary/aromatic N) is 2. The summed E-state index contributed by atoms with van der Waals surface area (Å²) >= 11 is 0. The molecule has 3 aromatic carbocycles. The number of nitrogens with one attached hydrogen (secondary N) is 2. The Hall–Kier alpha value is -4.15. The van der Waals surface area contributed by atoms with Gasteiger partial charge in [-0.05, 0) is 30.3 Å². The highest BCUT2D eigenvalue weighted by Crippen LogP contribution is 2.32. The molecule has 0 spiro atoms. The maximum Gasteiger partial charge on any atom is 0.417 e. The lowest BCUT2D eigenvalue weighted by molar-refractivity contribution is -0.138. The number of hydrazone groups is 2. The molecule has 0 fully saturated rings. The molecule has 0 aromatic heterocycles. The molecule has 0 bridgehead atoms. The van der Waals surface area contributed by atoms with Crippen LogP contribution < -0.4 is 10.9 Å². The normalized spacial score (nSPS) is 12.3. The summed E-state index contributed by atoms with van der Waals surface area (Å²) in [6.07, 6.45) is -7.24. The van der Waals surface area contributed by atoms with E-state index in [1.807, 2.05) is 0 Å². The molecule has 0 aliphatic heterocycles. The number of amides is 1. The Balaban J connectivity index is 1.67. The van der Waals surface area contributed by atoms with Crippen molar-refractivity contribution in [2.45, 2.75) is 12.4 Å². The van der Waals surface area contributed by atoms with Crippen LogP contribution in [0.1, 0.15) is 32.6 Å². The van der Waals surface area contributed by atoms with E-state index in [1.54, 1.807) is 0 Å². The zero-order valence-corrected chi connectivity index (χ0v) is 17.2. The fourth-order valence-corrected chi connectivity index (χ4v) is 2.87. The zero-order valence-electron chi connectivity index (χ0n) is 17.2. The Bertz CT molecular complexity index is 1220. The molecule has 11 heteroatoms. The predicted octanol–water partition coefficient (Wildman–Crippen LogP) is 5.93. The highest BCUT2D eigenvalue weighted by atomic mass is 19.4. The second-order valence-corrected chi connectivity index (χ2v) is 6.82. The number of carbonyl (C=O) groups is 1. The van der Waals surface area contributed by atoms with Crippen LogP contribution in [0.3, 0.4) is 0 Å². The van der Waals surface area contributed by atoms with Gasteiger partial charge in [-0.1, -0.05) is 42.5 Å². The molecule has 3 rings (SSSR count). The van der Waals surface area contributed by atoms with Crippen LogP contribution in [0.25, 0.3) is 0 Å². The van der Waals surface area contributed by atoms with E-state index in [0.29, 0.717) is 5.69 Å². The van der Waals surface area contributed by atoms with Gasteiger partial charge in [0.05, 0.1) is 29.2 Å². The van der Waals surface area contributed by atoms with Crippen LogP contribution in [0.2, 0.25) is 0 Å². The monoisotopic (exact) mass is 478 g/mol. The summed E-state index contributed by atoms with van der Waals surface area (Å²) in [4.78, 5) is 12.3. The van der Waals surface area contributed by atoms with Crippen LogP contribution in [0, 0.1) is 0 Å². The summed E-state index contributed by atoms with van der Waals surface area (Å²) in [6, 6.07) is 15.4. The van der Waals surface area contributed by atoms with Crippen LogP contribution in [0.15, 0.2) is 83.0 Å². The Kier molecular flexibility index (Phi) is 7.34. The SMILES string of the molecule is O=C(N/N=C/c1ccccc1C(F)(F)F)c1cccc(N/N=C/c2ccccc2C(F)(F)F)c1. The van der Waals surface area contributed by atoms with Crippen molar-refractivity contribution in [3.8, 4) is 0 Å². The summed E-state index contributed by atoms with van der Waals surface area (Å²) in [7, 11) is 0. The molecular formula is C23H16F6N4O. The quantitative estimate of drug-likeness (QED) is 0.262. The lowest BCUT2D eigenvalue weighted by Crippen LogP contribution is -2.18. The molecule has 2 N–H and O–H groups in total. The number of carbonyl (C=O) groups excluding carboxylic acids is 1. The van der Waals surface area contributed by atoms with Crippen molar-refractivity contribution in [2.24, 2.45) is 10.2 Å². The second kappa shape index (κ2) is 10.2. The van der Waals surface area contributed by atoms with Gasteiger partial charge in [0.25, 0.3) is 5.91 Å². The zero-order chi connectivity index (χ0) is 24.8. The third-order valence-corrected chi connectivity index (χ3v) is 4.42. The van der Waals surface area contributed by atoms with Crippen molar-refractivity contribution in [2.75, 3.05) is 5.43 Å². The van der Waals surface area contributed by atoms with E-state index in [2.05, 4.69) is 21.1 Å². The fourth-order valence-electron chi connectivity index (χ4n) is 2.87. The average Bonchev–Trinajstić information content (AvgIpc) is 2.78. The first-order valence-electron chi connectivity index (χ1n) is 9.61. The van der Waals surface area contributed by atoms with Gasteiger partial charge in [-0.25, -0.2) is 5.43 Å². The first kappa shape index (κ1) is 24.5. The van der Waals surface area contributed by atoms with Gasteiger partial charge in [-0.3, -0.25) is 10.2 Å². The van der Waals surface area contributed by atoms with Crippen LogP contribution in [0.4, 0.5) is 32.0 Å². The Morgan fingerprint density at radius 2 is 1.24 bits per heavy atom. The van der Waals surface area contributed by atoms with E-state index in [4.69, 9.17) is 0 Å². The van der Waals surface area contributed by atoms with Gasteiger partial charge in [0.15, 0.2) is 0 Å². The highest BCUT2D eigenvalue weighted by Gasteiger charge is 2.33. The third-order valence-electron chi connectivity index (χ3n) is 4.42. The lowest BCUT2D eigenvalue weighted by atomic mass is 10.1. The van der Waals surface area contributed by atoms with Crippen molar-refractivity contribution in [1.82, 2.24) is 5.43 Å². The Morgan fingerprint density at radius 3 is 1.79 bits per heavy atom. The van der Waals surface area contributed by atoms with Crippen molar-refractivity contribution >= 4 is 24.0 Å². The molecular weight excluding hydrogens is 462 g/mol. The number of benzene rings is 3. The molecule has 1 amide bonds. The number of anilines is 1. The van der Waals surface area contributed by atoms with Crippen LogP contribution in [0.5, 0.6) is 0 Å². The van der Waals surface area contributed by atoms with E-state index in [9.17, 15) is 31.1 Å². The molecule has 0 atom stereocenters. The molecule has 34 heavy (non-hydrogen) atoms. The van der Waals surface area contributed by atoms with Gasteiger partial charge in [-0.15, -0.1) is 0 Å². The van der Waals surface area contributed by atoms with Gasteiger partial charge in [0, 0.05) is 16.7 Å². The number of alkyl halides is 6. The number of halogens is 6. The summed E-state index contributed by atoms with van der Waals surface area (Å²) in [5.74, 6) is -0.712. The van der Waals surface area contributed by atoms with E-state index < -0.39 is 29.4 Å². The minimum absolute atomic E-state index is 0.0946. The van der Waals surface area contributed by atoms with Gasteiger partial charge >= 0.3 is 12.4 Å². The number of rotatable bonds is 6. The summed E-state index contributed by atoms with van der Waals surface area (Å²) < 4.78 is 78.1. The van der Waals surface area contributed by atoms with Crippen LogP contribution in [-0.2, 0) is 12.4 Å². The largest absolute Gasteiger partial charge is 0.417 e. The van der Waals surface area contributed by atoms with Crippen LogP contribution >= 0.6 is 0 Å². The van der Waals surface area contributed by atoms with Crippen molar-refractivity contribution in [1.29, 1.82) is 0 Å². The average molecular weight is 478 g/mol. The summed E-state index contributed by atoms with van der Waals surface area (Å²) in [5.41, 5.74) is 2.93. The maximum atomic E-state index is 13.0. The van der Waals surface area contributed by atoms with E-state index in [1.165, 1.54) is 60.7 Å². The molecule has 0 aliphatic rings. The minimum atomic E-state index is -4.58. The molecule has 3 aromatic rings. The molecule has 0 radical (unpaired) electrons. The van der Waals surface area contributed by atoms with Gasteiger partial charge < -0.3 is 0 Å². The van der Waals surface area contributed by atoms with Gasteiger partial charge in [0.1, 0.15) is 0 Å². The second-order valence-electron chi connectivity index (χ2n) is 6.82. The molecule has 0 aliphatic carbocycles. The predicted molar refractivity (Wildman–Crippen MR) is 116 cm³/mol. The Morgan fingerprint density at radius 1 is 0.706 bits per heavy atom. The molecule has 176 valence electrons. The highest BCUT2D eigenvalue weighted by molar-refractivity contribution is 5.96. The third kappa shape index (κ3) is 6.44. The molecule has 0 saturated heterocycles. The molecule has 0 saturated carbocycles.